The molecule has 1 saturated heterocycles. The molecule has 1 atom stereocenters. The van der Waals surface area contributed by atoms with Crippen LogP contribution in [0.2, 0.25) is 10.0 Å². The molecule has 1 unspecified atom stereocenters. The molecule has 190 valence electrons. The number of benzene rings is 3. The molecule has 4 nitrogen and oxygen atoms in total. The fourth-order valence-electron chi connectivity index (χ4n) is 4.66. The van der Waals surface area contributed by atoms with Crippen molar-refractivity contribution in [3.63, 3.8) is 0 Å². The Kier molecular flexibility index (Phi) is 8.50. The Morgan fingerprint density at radius 3 is 1.92 bits per heavy atom. The Bertz CT molecular complexity index is 1120. The number of nitrogens with zero attached hydrogens (tertiary/aromatic N) is 2. The molecule has 4 rings (SSSR count). The summed E-state index contributed by atoms with van der Waals surface area (Å²) >= 11 is 12.3. The molecule has 0 bridgehead atoms. The first-order chi connectivity index (χ1) is 17.2. The van der Waals surface area contributed by atoms with Gasteiger partial charge in [-0.1, -0.05) is 47.5 Å². The molecular formula is C28H28Cl2F2N2O2. The summed E-state index contributed by atoms with van der Waals surface area (Å²) < 4.78 is 33.2. The van der Waals surface area contributed by atoms with Gasteiger partial charge < -0.3 is 9.64 Å². The second-order valence-electron chi connectivity index (χ2n) is 9.43. The molecule has 36 heavy (non-hydrogen) atoms. The van der Waals surface area contributed by atoms with Crippen LogP contribution < -0.4 is 0 Å². The quantitative estimate of drug-likeness (QED) is 0.318. The molecule has 0 aliphatic carbocycles. The number of rotatable bonds is 8. The molecule has 0 spiro atoms. The van der Waals surface area contributed by atoms with Gasteiger partial charge in [0.25, 0.3) is 0 Å². The topological polar surface area (TPSA) is 32.8 Å². The number of likely N-dealkylation sites (tertiary alicyclic amines) is 1. The summed E-state index contributed by atoms with van der Waals surface area (Å²) in [6, 6.07) is 19.1. The van der Waals surface area contributed by atoms with Gasteiger partial charge in [0.15, 0.2) is 0 Å². The van der Waals surface area contributed by atoms with Gasteiger partial charge in [0.2, 0.25) is 0 Å². The summed E-state index contributed by atoms with van der Waals surface area (Å²) in [6.07, 6.45) is -0.0395. The number of hydrogen-bond acceptors (Lipinski definition) is 3. The van der Waals surface area contributed by atoms with Crippen molar-refractivity contribution in [3.8, 4) is 0 Å². The maximum absolute atomic E-state index is 13.8. The van der Waals surface area contributed by atoms with Crippen LogP contribution in [0.5, 0.6) is 0 Å². The lowest BCUT2D eigenvalue weighted by Crippen LogP contribution is -2.53. The second kappa shape index (κ2) is 11.6. The zero-order valence-electron chi connectivity index (χ0n) is 20.1. The minimum absolute atomic E-state index is 0.00706. The van der Waals surface area contributed by atoms with E-state index in [-0.39, 0.29) is 24.5 Å². The van der Waals surface area contributed by atoms with Crippen molar-refractivity contribution in [1.82, 2.24) is 9.80 Å². The first-order valence-electron chi connectivity index (χ1n) is 11.7. The van der Waals surface area contributed by atoms with Crippen LogP contribution in [0.15, 0.2) is 66.7 Å². The zero-order chi connectivity index (χ0) is 25.8. The monoisotopic (exact) mass is 532 g/mol. The summed E-state index contributed by atoms with van der Waals surface area (Å²) in [5.74, 6) is -1.15. The van der Waals surface area contributed by atoms with Crippen molar-refractivity contribution in [2.24, 2.45) is 11.8 Å². The average Bonchev–Trinajstić information content (AvgIpc) is 2.79. The molecule has 0 radical (unpaired) electrons. The van der Waals surface area contributed by atoms with Crippen molar-refractivity contribution < 1.29 is 18.3 Å². The van der Waals surface area contributed by atoms with Crippen LogP contribution in [0, 0.1) is 23.5 Å². The number of hydrogen-bond donors (Lipinski definition) is 0. The lowest BCUT2D eigenvalue weighted by Gasteiger charge is -2.48. The van der Waals surface area contributed by atoms with E-state index in [0.29, 0.717) is 22.0 Å². The standard InChI is InChI=1S/C28H28Cl2F2N2O2/c1-33(2)28(35)36-17-21(11-18-12-25(31)14-26(32)13-18)22-15-34(16-22)27(19-3-7-23(29)8-4-19)20-5-9-24(30)10-6-20/h3-10,12-14,21-22,27H,11,15-17H2,1-2H3. The highest BCUT2D eigenvalue weighted by atomic mass is 35.5. The van der Waals surface area contributed by atoms with Gasteiger partial charge in [-0.15, -0.1) is 0 Å². The molecule has 0 saturated carbocycles. The van der Waals surface area contributed by atoms with Crippen molar-refractivity contribution in [2.75, 3.05) is 33.8 Å². The van der Waals surface area contributed by atoms with Crippen molar-refractivity contribution in [3.05, 3.63) is 105 Å². The van der Waals surface area contributed by atoms with Crippen molar-refractivity contribution in [1.29, 1.82) is 0 Å². The minimum Gasteiger partial charge on any atom is -0.449 e. The Morgan fingerprint density at radius 1 is 0.944 bits per heavy atom. The van der Waals surface area contributed by atoms with Gasteiger partial charge in [-0.3, -0.25) is 4.90 Å². The fraction of sp³-hybridized carbons (Fsp3) is 0.321. The van der Waals surface area contributed by atoms with Crippen molar-refractivity contribution in [2.45, 2.75) is 12.5 Å². The number of carbonyl (C=O) groups is 1. The first-order valence-corrected chi connectivity index (χ1v) is 12.5. The maximum Gasteiger partial charge on any atom is 0.409 e. The predicted octanol–water partition coefficient (Wildman–Crippen LogP) is 6.85. The van der Waals surface area contributed by atoms with Crippen LogP contribution in [-0.4, -0.2) is 49.7 Å². The smallest absolute Gasteiger partial charge is 0.409 e. The van der Waals surface area contributed by atoms with Crippen LogP contribution in [0.1, 0.15) is 22.7 Å². The van der Waals surface area contributed by atoms with E-state index in [1.54, 1.807) is 14.1 Å². The average molecular weight is 533 g/mol. The van der Waals surface area contributed by atoms with E-state index < -0.39 is 17.7 Å². The zero-order valence-corrected chi connectivity index (χ0v) is 21.6. The van der Waals surface area contributed by atoms with Crippen LogP contribution in [-0.2, 0) is 11.2 Å². The van der Waals surface area contributed by atoms with Gasteiger partial charge in [-0.25, -0.2) is 13.6 Å². The molecular weight excluding hydrogens is 505 g/mol. The Morgan fingerprint density at radius 2 is 1.44 bits per heavy atom. The molecule has 1 fully saturated rings. The summed E-state index contributed by atoms with van der Waals surface area (Å²) in [5, 5.41) is 1.33. The Balaban J connectivity index is 1.54. The van der Waals surface area contributed by atoms with Crippen LogP contribution in [0.25, 0.3) is 0 Å². The minimum atomic E-state index is -0.616. The number of carbonyl (C=O) groups excluding carboxylic acids is 1. The highest BCUT2D eigenvalue weighted by Gasteiger charge is 2.39. The summed E-state index contributed by atoms with van der Waals surface area (Å²) in [6.45, 7) is 1.63. The largest absolute Gasteiger partial charge is 0.449 e. The molecule has 0 aromatic heterocycles. The van der Waals surface area contributed by atoms with Gasteiger partial charge >= 0.3 is 6.09 Å². The van der Waals surface area contributed by atoms with E-state index in [1.807, 2.05) is 48.5 Å². The van der Waals surface area contributed by atoms with E-state index in [0.717, 1.165) is 30.3 Å². The third-order valence-electron chi connectivity index (χ3n) is 6.55. The summed E-state index contributed by atoms with van der Waals surface area (Å²) in [5.41, 5.74) is 2.75. The third kappa shape index (κ3) is 6.55. The Labute approximate surface area is 220 Å². The molecule has 1 heterocycles. The van der Waals surface area contributed by atoms with E-state index >= 15 is 0 Å². The lowest BCUT2D eigenvalue weighted by molar-refractivity contribution is 0.00418. The number of amides is 1. The molecule has 1 aliphatic rings. The number of ether oxygens (including phenoxy) is 1. The van der Waals surface area contributed by atoms with Crippen LogP contribution >= 0.6 is 23.2 Å². The van der Waals surface area contributed by atoms with E-state index in [1.165, 1.54) is 17.0 Å². The van der Waals surface area contributed by atoms with Gasteiger partial charge in [0.05, 0.1) is 12.6 Å². The van der Waals surface area contributed by atoms with Crippen molar-refractivity contribution >= 4 is 29.3 Å². The van der Waals surface area contributed by atoms with Crippen LogP contribution in [0.4, 0.5) is 13.6 Å². The molecule has 1 amide bonds. The number of halogens is 4. The fourth-order valence-corrected chi connectivity index (χ4v) is 4.91. The maximum atomic E-state index is 13.8. The molecule has 3 aromatic carbocycles. The first kappa shape index (κ1) is 26.4. The Hall–Kier alpha value is -2.67. The highest BCUT2D eigenvalue weighted by Crippen LogP contribution is 2.38. The van der Waals surface area contributed by atoms with Gasteiger partial charge in [-0.05, 0) is 65.4 Å². The van der Waals surface area contributed by atoms with Crippen LogP contribution in [0.3, 0.4) is 0 Å². The van der Waals surface area contributed by atoms with Gasteiger partial charge in [0.1, 0.15) is 11.6 Å². The predicted molar refractivity (Wildman–Crippen MR) is 138 cm³/mol. The van der Waals surface area contributed by atoms with E-state index in [9.17, 15) is 13.6 Å². The summed E-state index contributed by atoms with van der Waals surface area (Å²) in [4.78, 5) is 15.8. The second-order valence-corrected chi connectivity index (χ2v) is 10.3. The molecule has 1 aliphatic heterocycles. The van der Waals surface area contributed by atoms with E-state index in [4.69, 9.17) is 27.9 Å². The summed E-state index contributed by atoms with van der Waals surface area (Å²) in [7, 11) is 3.24. The van der Waals surface area contributed by atoms with Gasteiger partial charge in [0, 0.05) is 49.2 Å². The normalized spacial score (nSPS) is 15.0. The highest BCUT2D eigenvalue weighted by molar-refractivity contribution is 6.30. The lowest BCUT2D eigenvalue weighted by atomic mass is 9.80. The van der Waals surface area contributed by atoms with Gasteiger partial charge in [-0.2, -0.15) is 0 Å². The molecule has 8 heteroatoms. The third-order valence-corrected chi connectivity index (χ3v) is 7.05. The SMILES string of the molecule is CN(C)C(=O)OCC(Cc1cc(F)cc(F)c1)C1CN(C(c2ccc(Cl)cc2)c2ccc(Cl)cc2)C1. The van der Waals surface area contributed by atoms with E-state index in [2.05, 4.69) is 4.90 Å². The molecule has 0 N–H and O–H groups in total. The molecule has 3 aromatic rings.